The highest BCUT2D eigenvalue weighted by Crippen LogP contribution is 2.37. The Morgan fingerprint density at radius 3 is 2.62 bits per heavy atom. The van der Waals surface area contributed by atoms with E-state index < -0.39 is 10.5 Å². The Balaban J connectivity index is 1.86. The second kappa shape index (κ2) is 5.74. The van der Waals surface area contributed by atoms with E-state index in [-0.39, 0.29) is 12.5 Å². The first-order chi connectivity index (χ1) is 12.5. The molecule has 1 N–H and O–H groups in total. The molecule has 0 amide bonds. The Bertz CT molecular complexity index is 978. The van der Waals surface area contributed by atoms with Crippen molar-refractivity contribution in [1.29, 1.82) is 5.26 Å². The van der Waals surface area contributed by atoms with Crippen molar-refractivity contribution in [2.75, 3.05) is 6.79 Å². The van der Waals surface area contributed by atoms with Gasteiger partial charge in [0, 0.05) is 29.7 Å². The molecule has 0 spiro atoms. The summed E-state index contributed by atoms with van der Waals surface area (Å²) >= 11 is 0. The van der Waals surface area contributed by atoms with Crippen LogP contribution in [-0.4, -0.2) is 23.0 Å². The molecule has 0 saturated heterocycles. The molecule has 0 radical (unpaired) electrons. The number of rotatable bonds is 2. The van der Waals surface area contributed by atoms with Crippen LogP contribution < -0.4 is 14.9 Å². The van der Waals surface area contributed by atoms with E-state index in [4.69, 9.17) is 9.47 Å². The van der Waals surface area contributed by atoms with Crippen molar-refractivity contribution in [3.63, 3.8) is 0 Å². The minimum Gasteiger partial charge on any atom is -0.454 e. The third-order valence-corrected chi connectivity index (χ3v) is 4.41. The van der Waals surface area contributed by atoms with Crippen LogP contribution in [0.25, 0.3) is 0 Å². The second-order valence-corrected chi connectivity index (χ2v) is 6.36. The van der Waals surface area contributed by atoms with E-state index in [9.17, 15) is 15.4 Å². The van der Waals surface area contributed by atoms with Gasteiger partial charge < -0.3 is 9.47 Å². The number of nitro groups is 1. The fourth-order valence-corrected chi connectivity index (χ4v) is 3.04. The van der Waals surface area contributed by atoms with E-state index in [1.54, 1.807) is 19.1 Å². The molecule has 1 unspecified atom stereocenters. The SMILES string of the molecule is CC1(C#N)Cc2cc3c(cc2C(c2ccc([N+](=O)[O-])cc2)=NN1)OCO3. The number of benzene rings is 2. The minimum atomic E-state index is -0.884. The summed E-state index contributed by atoms with van der Waals surface area (Å²) in [5, 5.41) is 24.9. The average Bonchev–Trinajstić information content (AvgIpc) is 3.03. The lowest BCUT2D eigenvalue weighted by Crippen LogP contribution is -2.39. The predicted molar refractivity (Wildman–Crippen MR) is 92.2 cm³/mol. The first kappa shape index (κ1) is 15.9. The molecule has 0 aliphatic carbocycles. The Morgan fingerprint density at radius 2 is 1.96 bits per heavy atom. The third kappa shape index (κ3) is 2.59. The lowest BCUT2D eigenvalue weighted by atomic mass is 9.89. The molecule has 4 rings (SSSR count). The largest absolute Gasteiger partial charge is 0.454 e. The number of hydrogen-bond donors (Lipinski definition) is 1. The molecule has 2 aromatic rings. The Morgan fingerprint density at radius 1 is 1.27 bits per heavy atom. The maximum atomic E-state index is 10.9. The maximum Gasteiger partial charge on any atom is 0.269 e. The third-order valence-electron chi connectivity index (χ3n) is 4.41. The van der Waals surface area contributed by atoms with E-state index >= 15 is 0 Å². The molecule has 2 aromatic carbocycles. The van der Waals surface area contributed by atoms with Gasteiger partial charge in [-0.3, -0.25) is 15.5 Å². The van der Waals surface area contributed by atoms with Gasteiger partial charge >= 0.3 is 0 Å². The minimum absolute atomic E-state index is 0.00343. The van der Waals surface area contributed by atoms with Crippen molar-refractivity contribution in [2.45, 2.75) is 18.9 Å². The quantitative estimate of drug-likeness (QED) is 0.658. The van der Waals surface area contributed by atoms with Gasteiger partial charge in [-0.25, -0.2) is 0 Å². The molecule has 2 aliphatic heterocycles. The molecule has 1 atom stereocenters. The summed E-state index contributed by atoms with van der Waals surface area (Å²) in [6.45, 7) is 1.92. The monoisotopic (exact) mass is 350 g/mol. The number of non-ortho nitro benzene ring substituents is 1. The van der Waals surface area contributed by atoms with Crippen molar-refractivity contribution < 1.29 is 14.4 Å². The lowest BCUT2D eigenvalue weighted by molar-refractivity contribution is -0.384. The van der Waals surface area contributed by atoms with Gasteiger partial charge in [-0.15, -0.1) is 0 Å². The molecule has 26 heavy (non-hydrogen) atoms. The van der Waals surface area contributed by atoms with Crippen LogP contribution in [-0.2, 0) is 6.42 Å². The molecule has 0 aromatic heterocycles. The van der Waals surface area contributed by atoms with Crippen molar-refractivity contribution in [2.24, 2.45) is 5.10 Å². The maximum absolute atomic E-state index is 10.9. The van der Waals surface area contributed by atoms with Crippen LogP contribution in [0.1, 0.15) is 23.6 Å². The first-order valence-electron chi connectivity index (χ1n) is 7.93. The van der Waals surface area contributed by atoms with Crippen molar-refractivity contribution in [3.8, 4) is 17.6 Å². The predicted octanol–water partition coefficient (Wildman–Crippen LogP) is 2.50. The van der Waals surface area contributed by atoms with Crippen LogP contribution in [0.3, 0.4) is 0 Å². The zero-order valence-electron chi connectivity index (χ0n) is 13.9. The number of fused-ring (bicyclic) bond motifs is 2. The van der Waals surface area contributed by atoms with Crippen molar-refractivity contribution in [1.82, 2.24) is 5.43 Å². The van der Waals surface area contributed by atoms with Gasteiger partial charge in [0.25, 0.3) is 5.69 Å². The smallest absolute Gasteiger partial charge is 0.269 e. The highest BCUT2D eigenvalue weighted by Gasteiger charge is 2.31. The number of nitriles is 1. The van der Waals surface area contributed by atoms with Gasteiger partial charge in [-0.2, -0.15) is 10.4 Å². The zero-order chi connectivity index (χ0) is 18.3. The lowest BCUT2D eigenvalue weighted by Gasteiger charge is -2.19. The number of ether oxygens (including phenoxy) is 2. The Kier molecular flexibility index (Phi) is 3.51. The molecular weight excluding hydrogens is 336 g/mol. The van der Waals surface area contributed by atoms with Gasteiger partial charge in [-0.1, -0.05) is 0 Å². The fourth-order valence-electron chi connectivity index (χ4n) is 3.04. The second-order valence-electron chi connectivity index (χ2n) is 6.36. The normalized spacial score (nSPS) is 20.2. The molecule has 2 aliphatic rings. The van der Waals surface area contributed by atoms with E-state index in [1.807, 2.05) is 12.1 Å². The number of nitrogens with zero attached hydrogens (tertiary/aromatic N) is 3. The summed E-state index contributed by atoms with van der Waals surface area (Å²) in [6, 6.07) is 12.1. The molecule has 8 nitrogen and oxygen atoms in total. The Labute approximate surface area is 148 Å². The summed E-state index contributed by atoms with van der Waals surface area (Å²) in [5.41, 5.74) is 5.03. The standard InChI is InChI=1S/C18H14N4O4/c1-18(9-19)8-12-6-15-16(26-10-25-15)7-14(12)17(20-21-18)11-2-4-13(5-3-11)22(23)24/h2-7,21H,8,10H2,1H3. The van der Waals surface area contributed by atoms with E-state index in [1.165, 1.54) is 12.1 Å². The van der Waals surface area contributed by atoms with Gasteiger partial charge in [0.2, 0.25) is 6.79 Å². The van der Waals surface area contributed by atoms with Gasteiger partial charge in [0.05, 0.1) is 16.7 Å². The highest BCUT2D eigenvalue weighted by molar-refractivity contribution is 6.14. The molecule has 2 heterocycles. The molecule has 8 heteroatoms. The number of nitro benzene ring substituents is 1. The van der Waals surface area contributed by atoms with Crippen molar-refractivity contribution in [3.05, 3.63) is 63.2 Å². The topological polar surface area (TPSA) is 110 Å². The van der Waals surface area contributed by atoms with E-state index in [2.05, 4.69) is 16.6 Å². The summed E-state index contributed by atoms with van der Waals surface area (Å²) in [7, 11) is 0. The summed E-state index contributed by atoms with van der Waals surface area (Å²) in [4.78, 5) is 10.4. The molecular formula is C18H14N4O4. The highest BCUT2D eigenvalue weighted by atomic mass is 16.7. The number of hydrazone groups is 1. The van der Waals surface area contributed by atoms with Crippen LogP contribution in [0, 0.1) is 21.4 Å². The Hall–Kier alpha value is -3.60. The van der Waals surface area contributed by atoms with Gasteiger partial charge in [0.1, 0.15) is 5.54 Å². The zero-order valence-corrected chi connectivity index (χ0v) is 13.9. The molecule has 0 fully saturated rings. The molecule has 0 saturated carbocycles. The van der Waals surface area contributed by atoms with Crippen LogP contribution in [0.4, 0.5) is 5.69 Å². The summed E-state index contributed by atoms with van der Waals surface area (Å²) < 4.78 is 10.9. The van der Waals surface area contributed by atoms with E-state index in [0.717, 1.165) is 11.1 Å². The summed E-state index contributed by atoms with van der Waals surface area (Å²) in [5.74, 6) is 1.24. The van der Waals surface area contributed by atoms with Crippen molar-refractivity contribution >= 4 is 11.4 Å². The van der Waals surface area contributed by atoms with Gasteiger partial charge in [0.15, 0.2) is 11.5 Å². The van der Waals surface area contributed by atoms with Crippen LogP contribution in [0.15, 0.2) is 41.5 Å². The van der Waals surface area contributed by atoms with Crippen LogP contribution in [0.2, 0.25) is 0 Å². The fraction of sp³-hybridized carbons (Fsp3) is 0.222. The molecule has 130 valence electrons. The van der Waals surface area contributed by atoms with E-state index in [0.29, 0.717) is 29.2 Å². The molecule has 0 bridgehead atoms. The average molecular weight is 350 g/mol. The number of nitrogens with one attached hydrogen (secondary N) is 1. The van der Waals surface area contributed by atoms with Gasteiger partial charge in [-0.05, 0) is 36.8 Å². The summed E-state index contributed by atoms with van der Waals surface area (Å²) in [6.07, 6.45) is 0.426. The van der Waals surface area contributed by atoms with Crippen LogP contribution in [0.5, 0.6) is 11.5 Å². The number of hydrogen-bond acceptors (Lipinski definition) is 7. The van der Waals surface area contributed by atoms with Crippen LogP contribution >= 0.6 is 0 Å². The first-order valence-corrected chi connectivity index (χ1v) is 7.93.